The second-order valence-corrected chi connectivity index (χ2v) is 5.87. The number of hydrogen-bond acceptors (Lipinski definition) is 2. The molecule has 1 heterocycles. The predicted molar refractivity (Wildman–Crippen MR) is 81.9 cm³/mol. The Balaban J connectivity index is 1.79. The SMILES string of the molecule is FC(F)(F)c1ccc(CC2=Nc3cc(Br)ccc3OC2)cc1. The van der Waals surface area contributed by atoms with Crippen molar-refractivity contribution in [3.05, 3.63) is 58.1 Å². The van der Waals surface area contributed by atoms with E-state index in [9.17, 15) is 13.2 Å². The lowest BCUT2D eigenvalue weighted by Crippen LogP contribution is -2.17. The number of rotatable bonds is 2. The Labute approximate surface area is 133 Å². The molecule has 0 fully saturated rings. The first-order valence-electron chi connectivity index (χ1n) is 6.57. The van der Waals surface area contributed by atoms with Crippen molar-refractivity contribution in [2.45, 2.75) is 12.6 Å². The predicted octanol–water partition coefficient (Wildman–Crippen LogP) is 5.18. The zero-order valence-corrected chi connectivity index (χ0v) is 12.9. The van der Waals surface area contributed by atoms with E-state index in [2.05, 4.69) is 20.9 Å². The Morgan fingerprint density at radius 1 is 1.09 bits per heavy atom. The molecule has 114 valence electrons. The summed E-state index contributed by atoms with van der Waals surface area (Å²) < 4.78 is 44.1. The fraction of sp³-hybridized carbons (Fsp3) is 0.188. The average Bonchev–Trinajstić information content (AvgIpc) is 2.46. The van der Waals surface area contributed by atoms with Crippen LogP contribution in [0.3, 0.4) is 0 Å². The van der Waals surface area contributed by atoms with E-state index in [-0.39, 0.29) is 0 Å². The van der Waals surface area contributed by atoms with Gasteiger partial charge in [-0.3, -0.25) is 0 Å². The maximum atomic E-state index is 12.5. The lowest BCUT2D eigenvalue weighted by molar-refractivity contribution is -0.137. The summed E-state index contributed by atoms with van der Waals surface area (Å²) in [6.45, 7) is 0.343. The molecule has 0 saturated carbocycles. The Hall–Kier alpha value is -1.82. The van der Waals surface area contributed by atoms with E-state index in [0.29, 0.717) is 18.8 Å². The summed E-state index contributed by atoms with van der Waals surface area (Å²) in [7, 11) is 0. The molecule has 2 aromatic rings. The summed E-state index contributed by atoms with van der Waals surface area (Å²) in [6.07, 6.45) is -3.85. The van der Waals surface area contributed by atoms with Crippen molar-refractivity contribution in [1.82, 2.24) is 0 Å². The standard InChI is InChI=1S/C16H11BrF3NO/c17-12-5-6-15-14(8-12)21-13(9-22-15)7-10-1-3-11(4-2-10)16(18,19)20/h1-6,8H,7,9H2. The van der Waals surface area contributed by atoms with Gasteiger partial charge in [-0.25, -0.2) is 4.99 Å². The van der Waals surface area contributed by atoms with Gasteiger partial charge in [0.05, 0.1) is 11.3 Å². The second kappa shape index (κ2) is 5.76. The number of hydrogen-bond donors (Lipinski definition) is 0. The molecule has 0 N–H and O–H groups in total. The van der Waals surface area contributed by atoms with Crippen molar-refractivity contribution >= 4 is 27.3 Å². The van der Waals surface area contributed by atoms with E-state index in [4.69, 9.17) is 4.74 Å². The molecule has 22 heavy (non-hydrogen) atoms. The van der Waals surface area contributed by atoms with Gasteiger partial charge in [-0.15, -0.1) is 0 Å². The lowest BCUT2D eigenvalue weighted by Gasteiger charge is -2.17. The molecule has 0 unspecified atom stereocenters. The third kappa shape index (κ3) is 3.32. The first kappa shape index (κ1) is 15.1. The molecule has 2 nitrogen and oxygen atoms in total. The van der Waals surface area contributed by atoms with E-state index in [0.717, 1.165) is 33.6 Å². The van der Waals surface area contributed by atoms with Gasteiger partial charge in [0, 0.05) is 10.9 Å². The number of halogens is 4. The molecule has 2 aromatic carbocycles. The van der Waals surface area contributed by atoms with Crippen molar-refractivity contribution in [2.24, 2.45) is 4.99 Å². The van der Waals surface area contributed by atoms with Crippen molar-refractivity contribution in [2.75, 3.05) is 6.61 Å². The topological polar surface area (TPSA) is 21.6 Å². The minimum atomic E-state index is -4.31. The number of aliphatic imine (C=N–C) groups is 1. The monoisotopic (exact) mass is 369 g/mol. The Morgan fingerprint density at radius 2 is 1.82 bits per heavy atom. The van der Waals surface area contributed by atoms with Gasteiger partial charge in [-0.2, -0.15) is 13.2 Å². The largest absolute Gasteiger partial charge is 0.485 e. The first-order valence-corrected chi connectivity index (χ1v) is 7.36. The molecule has 1 aliphatic rings. The molecule has 0 atom stereocenters. The van der Waals surface area contributed by atoms with Crippen LogP contribution in [0.5, 0.6) is 5.75 Å². The number of benzene rings is 2. The van der Waals surface area contributed by atoms with Gasteiger partial charge in [0.1, 0.15) is 18.0 Å². The molecule has 0 spiro atoms. The van der Waals surface area contributed by atoms with E-state index in [1.54, 1.807) is 0 Å². The minimum Gasteiger partial charge on any atom is -0.485 e. The summed E-state index contributed by atoms with van der Waals surface area (Å²) >= 11 is 3.37. The smallest absolute Gasteiger partial charge is 0.416 e. The van der Waals surface area contributed by atoms with Crippen molar-refractivity contribution in [1.29, 1.82) is 0 Å². The molecule has 0 aliphatic carbocycles. The highest BCUT2D eigenvalue weighted by Crippen LogP contribution is 2.34. The molecule has 0 saturated heterocycles. The Morgan fingerprint density at radius 3 is 2.50 bits per heavy atom. The zero-order chi connectivity index (χ0) is 15.7. The fourth-order valence-corrected chi connectivity index (χ4v) is 2.55. The van der Waals surface area contributed by atoms with Crippen LogP contribution >= 0.6 is 15.9 Å². The van der Waals surface area contributed by atoms with Crippen LogP contribution in [0.15, 0.2) is 51.9 Å². The van der Waals surface area contributed by atoms with Crippen molar-refractivity contribution in [3.8, 4) is 5.75 Å². The minimum absolute atomic E-state index is 0.343. The van der Waals surface area contributed by atoms with Crippen LogP contribution in [0.2, 0.25) is 0 Å². The lowest BCUT2D eigenvalue weighted by atomic mass is 10.1. The normalized spacial score (nSPS) is 14.1. The van der Waals surface area contributed by atoms with Gasteiger partial charge in [-0.05, 0) is 35.9 Å². The molecule has 3 rings (SSSR count). The zero-order valence-electron chi connectivity index (χ0n) is 11.3. The van der Waals surface area contributed by atoms with E-state index < -0.39 is 11.7 Å². The van der Waals surface area contributed by atoms with Crippen LogP contribution < -0.4 is 4.74 Å². The molecule has 0 aromatic heterocycles. The summed E-state index contributed by atoms with van der Waals surface area (Å²) in [5, 5.41) is 0. The van der Waals surface area contributed by atoms with Crippen LogP contribution in [0.25, 0.3) is 0 Å². The van der Waals surface area contributed by atoms with Crippen LogP contribution in [0.1, 0.15) is 11.1 Å². The third-order valence-corrected chi connectivity index (χ3v) is 3.78. The van der Waals surface area contributed by atoms with E-state index in [1.165, 1.54) is 12.1 Å². The van der Waals surface area contributed by atoms with E-state index >= 15 is 0 Å². The van der Waals surface area contributed by atoms with E-state index in [1.807, 2.05) is 18.2 Å². The summed E-state index contributed by atoms with van der Waals surface area (Å²) in [6, 6.07) is 10.7. The van der Waals surface area contributed by atoms with Gasteiger partial charge in [0.25, 0.3) is 0 Å². The fourth-order valence-electron chi connectivity index (χ4n) is 2.20. The van der Waals surface area contributed by atoms with Gasteiger partial charge in [0.15, 0.2) is 0 Å². The maximum Gasteiger partial charge on any atom is 0.416 e. The summed E-state index contributed by atoms with van der Waals surface area (Å²) in [4.78, 5) is 4.51. The molecule has 1 aliphatic heterocycles. The summed E-state index contributed by atoms with van der Waals surface area (Å²) in [5.41, 5.74) is 1.63. The van der Waals surface area contributed by atoms with Crippen LogP contribution in [-0.2, 0) is 12.6 Å². The average molecular weight is 370 g/mol. The van der Waals surface area contributed by atoms with Crippen molar-refractivity contribution < 1.29 is 17.9 Å². The number of fused-ring (bicyclic) bond motifs is 1. The number of nitrogens with zero attached hydrogens (tertiary/aromatic N) is 1. The van der Waals surface area contributed by atoms with Gasteiger partial charge in [0.2, 0.25) is 0 Å². The third-order valence-electron chi connectivity index (χ3n) is 3.28. The van der Waals surface area contributed by atoms with Gasteiger partial charge < -0.3 is 4.74 Å². The highest BCUT2D eigenvalue weighted by atomic mass is 79.9. The summed E-state index contributed by atoms with van der Waals surface area (Å²) in [5.74, 6) is 0.708. The highest BCUT2D eigenvalue weighted by molar-refractivity contribution is 9.10. The molecular formula is C16H11BrF3NO. The maximum absolute atomic E-state index is 12.5. The van der Waals surface area contributed by atoms with Crippen LogP contribution in [0, 0.1) is 0 Å². The second-order valence-electron chi connectivity index (χ2n) is 4.95. The van der Waals surface area contributed by atoms with Gasteiger partial charge >= 0.3 is 6.18 Å². The van der Waals surface area contributed by atoms with Crippen molar-refractivity contribution in [3.63, 3.8) is 0 Å². The number of alkyl halides is 3. The molecular weight excluding hydrogens is 359 g/mol. The van der Waals surface area contributed by atoms with Gasteiger partial charge in [-0.1, -0.05) is 28.1 Å². The number of ether oxygens (including phenoxy) is 1. The molecule has 0 bridgehead atoms. The molecule has 6 heteroatoms. The highest BCUT2D eigenvalue weighted by Gasteiger charge is 2.30. The first-order chi connectivity index (χ1) is 10.4. The quantitative estimate of drug-likeness (QED) is 0.714. The molecule has 0 radical (unpaired) electrons. The van der Waals surface area contributed by atoms with Crippen LogP contribution in [0.4, 0.5) is 18.9 Å². The van der Waals surface area contributed by atoms with Crippen LogP contribution in [-0.4, -0.2) is 12.3 Å². The Bertz CT molecular complexity index is 723. The molecule has 0 amide bonds. The Kier molecular flexibility index (Phi) is 3.95.